The molecule has 2 heterocycles. The highest BCUT2D eigenvalue weighted by atomic mass is 16.3. The molecule has 2 aliphatic heterocycles. The van der Waals surface area contributed by atoms with Crippen LogP contribution in [0.15, 0.2) is 0 Å². The van der Waals surface area contributed by atoms with Crippen LogP contribution >= 0.6 is 0 Å². The molecule has 4 rings (SSSR count). The van der Waals surface area contributed by atoms with Crippen LogP contribution in [0, 0.1) is 11.8 Å². The maximum absolute atomic E-state index is 9.93. The molecule has 0 aromatic heterocycles. The molecular formula is C12H21NO. The Balaban J connectivity index is 1.56. The van der Waals surface area contributed by atoms with Crippen LogP contribution in [0.2, 0.25) is 0 Å². The van der Waals surface area contributed by atoms with Gasteiger partial charge in [0.15, 0.2) is 0 Å². The quantitative estimate of drug-likeness (QED) is 0.740. The molecule has 14 heavy (non-hydrogen) atoms. The zero-order valence-corrected chi connectivity index (χ0v) is 8.86. The summed E-state index contributed by atoms with van der Waals surface area (Å²) >= 11 is 0. The molecule has 0 radical (unpaired) electrons. The number of aliphatic hydroxyl groups is 1. The van der Waals surface area contributed by atoms with Crippen LogP contribution in [0.5, 0.6) is 0 Å². The van der Waals surface area contributed by atoms with Gasteiger partial charge in [0, 0.05) is 19.1 Å². The molecule has 0 aromatic rings. The van der Waals surface area contributed by atoms with E-state index in [1.54, 1.807) is 0 Å². The van der Waals surface area contributed by atoms with Crippen LogP contribution in [0.3, 0.4) is 0 Å². The van der Waals surface area contributed by atoms with Crippen molar-refractivity contribution < 1.29 is 5.11 Å². The molecule has 1 unspecified atom stereocenters. The van der Waals surface area contributed by atoms with Gasteiger partial charge in [-0.15, -0.1) is 0 Å². The van der Waals surface area contributed by atoms with E-state index in [2.05, 4.69) is 4.90 Å². The lowest BCUT2D eigenvalue weighted by atomic mass is 9.80. The van der Waals surface area contributed by atoms with Crippen molar-refractivity contribution in [1.82, 2.24) is 4.90 Å². The average Bonchev–Trinajstić information content (AvgIpc) is 3.02. The van der Waals surface area contributed by atoms with E-state index in [0.717, 1.165) is 18.5 Å². The summed E-state index contributed by atoms with van der Waals surface area (Å²) in [6, 6.07) is 0.813. The molecule has 1 atom stereocenters. The Kier molecular flexibility index (Phi) is 2.29. The van der Waals surface area contributed by atoms with Crippen LogP contribution in [-0.4, -0.2) is 35.2 Å². The molecule has 2 nitrogen and oxygen atoms in total. The minimum absolute atomic E-state index is 0.0191. The maximum Gasteiger partial charge on any atom is 0.0695 e. The first-order valence-electron chi connectivity index (χ1n) is 6.25. The lowest BCUT2D eigenvalue weighted by molar-refractivity contribution is 0.00527. The molecule has 4 aliphatic rings. The monoisotopic (exact) mass is 195 g/mol. The van der Waals surface area contributed by atoms with Gasteiger partial charge in [-0.2, -0.15) is 0 Å². The van der Waals surface area contributed by atoms with E-state index in [4.69, 9.17) is 0 Å². The number of hydrogen-bond acceptors (Lipinski definition) is 2. The summed E-state index contributed by atoms with van der Waals surface area (Å²) in [5.74, 6) is 1.60. The number of piperidine rings is 2. The van der Waals surface area contributed by atoms with Crippen LogP contribution < -0.4 is 0 Å². The SMILES string of the molecule is OC(CN1CC2CCC1CC2)C1CC1. The van der Waals surface area contributed by atoms with E-state index in [0.29, 0.717) is 5.92 Å². The third-order valence-corrected chi connectivity index (χ3v) is 4.41. The van der Waals surface area contributed by atoms with Crippen molar-refractivity contribution >= 4 is 0 Å². The Bertz CT molecular complexity index is 206. The van der Waals surface area contributed by atoms with E-state index in [-0.39, 0.29) is 6.10 Å². The van der Waals surface area contributed by atoms with Crippen LogP contribution in [0.4, 0.5) is 0 Å². The lowest BCUT2D eigenvalue weighted by Gasteiger charge is -2.46. The number of nitrogens with zero attached hydrogens (tertiary/aromatic N) is 1. The molecule has 0 amide bonds. The van der Waals surface area contributed by atoms with E-state index in [9.17, 15) is 5.11 Å². The Morgan fingerprint density at radius 3 is 2.29 bits per heavy atom. The molecule has 2 heteroatoms. The number of aliphatic hydroxyl groups excluding tert-OH is 1. The summed E-state index contributed by atoms with van der Waals surface area (Å²) in [6.45, 7) is 2.24. The molecule has 80 valence electrons. The predicted molar refractivity (Wildman–Crippen MR) is 56.0 cm³/mol. The van der Waals surface area contributed by atoms with Gasteiger partial charge in [0.1, 0.15) is 0 Å². The van der Waals surface area contributed by atoms with E-state index < -0.39 is 0 Å². The smallest absolute Gasteiger partial charge is 0.0695 e. The highest BCUT2D eigenvalue weighted by Gasteiger charge is 2.37. The van der Waals surface area contributed by atoms with Crippen molar-refractivity contribution in [2.24, 2.45) is 11.8 Å². The molecule has 2 aliphatic carbocycles. The van der Waals surface area contributed by atoms with Gasteiger partial charge in [0.05, 0.1) is 6.10 Å². The number of fused-ring (bicyclic) bond motifs is 3. The second-order valence-electron chi connectivity index (χ2n) is 5.53. The highest BCUT2D eigenvalue weighted by Crippen LogP contribution is 2.37. The standard InChI is InChI=1S/C12H21NO/c14-12(10-3-4-10)8-13-7-9-1-5-11(13)6-2-9/h9-12,14H,1-8H2. The van der Waals surface area contributed by atoms with Crippen molar-refractivity contribution in [3.63, 3.8) is 0 Å². The topological polar surface area (TPSA) is 23.5 Å². The summed E-state index contributed by atoms with van der Waals surface area (Å²) in [5.41, 5.74) is 0. The third kappa shape index (κ3) is 1.70. The fraction of sp³-hybridized carbons (Fsp3) is 1.00. The van der Waals surface area contributed by atoms with Crippen LogP contribution in [-0.2, 0) is 0 Å². The first-order chi connectivity index (χ1) is 6.83. The minimum atomic E-state index is -0.0191. The Hall–Kier alpha value is -0.0800. The second kappa shape index (κ2) is 3.49. The van der Waals surface area contributed by atoms with E-state index >= 15 is 0 Å². The van der Waals surface area contributed by atoms with Gasteiger partial charge in [-0.3, -0.25) is 4.90 Å². The van der Waals surface area contributed by atoms with E-state index in [1.807, 2.05) is 0 Å². The average molecular weight is 195 g/mol. The molecule has 2 bridgehead atoms. The molecular weight excluding hydrogens is 174 g/mol. The lowest BCUT2D eigenvalue weighted by Crippen LogP contribution is -2.50. The Morgan fingerprint density at radius 1 is 1.07 bits per heavy atom. The third-order valence-electron chi connectivity index (χ3n) is 4.41. The normalized spacial score (nSPS) is 40.1. The fourth-order valence-electron chi connectivity index (χ4n) is 3.27. The van der Waals surface area contributed by atoms with Gasteiger partial charge in [0.25, 0.3) is 0 Å². The molecule has 1 N–H and O–H groups in total. The largest absolute Gasteiger partial charge is 0.392 e. The van der Waals surface area contributed by atoms with Gasteiger partial charge in [0.2, 0.25) is 0 Å². The highest BCUT2D eigenvalue weighted by molar-refractivity contribution is 4.91. The van der Waals surface area contributed by atoms with Crippen LogP contribution in [0.25, 0.3) is 0 Å². The summed E-state index contributed by atoms with van der Waals surface area (Å²) in [6.07, 6.45) is 8.19. The van der Waals surface area contributed by atoms with E-state index in [1.165, 1.54) is 45.1 Å². The first kappa shape index (κ1) is 9.17. The Morgan fingerprint density at radius 2 is 1.79 bits per heavy atom. The molecule has 2 saturated heterocycles. The van der Waals surface area contributed by atoms with Gasteiger partial charge >= 0.3 is 0 Å². The van der Waals surface area contributed by atoms with Crippen molar-refractivity contribution in [1.29, 1.82) is 0 Å². The van der Waals surface area contributed by atoms with Gasteiger partial charge in [-0.05, 0) is 50.4 Å². The van der Waals surface area contributed by atoms with Crippen LogP contribution in [0.1, 0.15) is 38.5 Å². The zero-order valence-electron chi connectivity index (χ0n) is 8.86. The summed E-state index contributed by atoms with van der Waals surface area (Å²) in [4.78, 5) is 2.57. The fourth-order valence-corrected chi connectivity index (χ4v) is 3.27. The molecule has 4 fully saturated rings. The summed E-state index contributed by atoms with van der Waals surface area (Å²) in [5, 5.41) is 9.93. The molecule has 0 aromatic carbocycles. The molecule has 2 saturated carbocycles. The predicted octanol–water partition coefficient (Wildman–Crippen LogP) is 1.63. The number of rotatable bonds is 3. The first-order valence-corrected chi connectivity index (χ1v) is 6.25. The van der Waals surface area contributed by atoms with Gasteiger partial charge < -0.3 is 5.11 Å². The number of hydrogen-bond donors (Lipinski definition) is 1. The zero-order chi connectivity index (χ0) is 9.54. The minimum Gasteiger partial charge on any atom is -0.392 e. The summed E-state index contributed by atoms with van der Waals surface area (Å²) < 4.78 is 0. The molecule has 0 spiro atoms. The van der Waals surface area contributed by atoms with Crippen molar-refractivity contribution in [3.05, 3.63) is 0 Å². The maximum atomic E-state index is 9.93. The van der Waals surface area contributed by atoms with Crippen molar-refractivity contribution in [2.75, 3.05) is 13.1 Å². The van der Waals surface area contributed by atoms with Crippen molar-refractivity contribution in [2.45, 2.75) is 50.7 Å². The Labute approximate surface area is 86.3 Å². The van der Waals surface area contributed by atoms with Gasteiger partial charge in [-0.25, -0.2) is 0 Å². The summed E-state index contributed by atoms with van der Waals surface area (Å²) in [7, 11) is 0. The second-order valence-corrected chi connectivity index (χ2v) is 5.53. The van der Waals surface area contributed by atoms with Crippen molar-refractivity contribution in [3.8, 4) is 0 Å². The van der Waals surface area contributed by atoms with Gasteiger partial charge in [-0.1, -0.05) is 0 Å².